The highest BCUT2D eigenvalue weighted by Gasteiger charge is 2.18. The van der Waals surface area contributed by atoms with Crippen molar-refractivity contribution in [1.29, 1.82) is 0 Å². The molecule has 0 aromatic heterocycles. The molecular weight excluding hydrogens is 270 g/mol. The van der Waals surface area contributed by atoms with Crippen LogP contribution in [0.25, 0.3) is 0 Å². The molecule has 1 atom stereocenters. The molecule has 0 bridgehead atoms. The number of rotatable bonds is 5. The molecule has 1 fully saturated rings. The van der Waals surface area contributed by atoms with Gasteiger partial charge in [0.2, 0.25) is 0 Å². The molecule has 98 valence electrons. The Balaban J connectivity index is 2.06. The summed E-state index contributed by atoms with van der Waals surface area (Å²) in [4.78, 5) is 11.7. The normalized spacial score (nSPS) is 18.9. The molecular formula is C13H16ClNO2S. The number of hydrogen-bond donors (Lipinski definition) is 1. The van der Waals surface area contributed by atoms with Crippen LogP contribution in [0, 0.1) is 0 Å². The van der Waals surface area contributed by atoms with E-state index >= 15 is 0 Å². The summed E-state index contributed by atoms with van der Waals surface area (Å²) >= 11 is 8.04. The van der Waals surface area contributed by atoms with E-state index in [1.807, 2.05) is 11.8 Å². The molecule has 0 spiro atoms. The SMILES string of the molecule is CNCC(=O)c1ccc(OC2CCSC2)c(Cl)c1. The number of ether oxygens (including phenoxy) is 1. The second-order valence-corrected chi connectivity index (χ2v) is 5.76. The van der Waals surface area contributed by atoms with Gasteiger partial charge in [-0.1, -0.05) is 11.6 Å². The summed E-state index contributed by atoms with van der Waals surface area (Å²) in [6.07, 6.45) is 1.30. The van der Waals surface area contributed by atoms with Crippen LogP contribution in [0.2, 0.25) is 5.02 Å². The molecule has 0 saturated carbocycles. The van der Waals surface area contributed by atoms with Crippen molar-refractivity contribution in [2.75, 3.05) is 25.1 Å². The van der Waals surface area contributed by atoms with E-state index in [0.29, 0.717) is 22.9 Å². The van der Waals surface area contributed by atoms with Crippen LogP contribution in [0.15, 0.2) is 18.2 Å². The van der Waals surface area contributed by atoms with Gasteiger partial charge in [0, 0.05) is 11.3 Å². The Morgan fingerprint density at radius 3 is 3.06 bits per heavy atom. The molecule has 1 aromatic carbocycles. The molecule has 1 N–H and O–H groups in total. The number of likely N-dealkylation sites (N-methyl/N-ethyl adjacent to an activating group) is 1. The Labute approximate surface area is 116 Å². The van der Waals surface area contributed by atoms with E-state index in [1.54, 1.807) is 25.2 Å². The minimum absolute atomic E-state index is 0.0300. The van der Waals surface area contributed by atoms with Crippen molar-refractivity contribution in [2.45, 2.75) is 12.5 Å². The van der Waals surface area contributed by atoms with Gasteiger partial charge >= 0.3 is 0 Å². The Bertz CT molecular complexity index is 433. The standard InChI is InChI=1S/C13H16ClNO2S/c1-15-7-12(16)9-2-3-13(11(14)6-9)17-10-4-5-18-8-10/h2-3,6,10,15H,4-5,7-8H2,1H3. The number of carbonyl (C=O) groups excluding carboxylic acids is 1. The van der Waals surface area contributed by atoms with E-state index in [9.17, 15) is 4.79 Å². The molecule has 0 aliphatic carbocycles. The van der Waals surface area contributed by atoms with Crippen LogP contribution in [-0.2, 0) is 0 Å². The monoisotopic (exact) mass is 285 g/mol. The Kier molecular flexibility index (Phi) is 4.92. The van der Waals surface area contributed by atoms with Gasteiger partial charge in [-0.3, -0.25) is 4.79 Å². The van der Waals surface area contributed by atoms with E-state index in [-0.39, 0.29) is 11.9 Å². The van der Waals surface area contributed by atoms with Gasteiger partial charge in [0.25, 0.3) is 0 Å². The smallest absolute Gasteiger partial charge is 0.176 e. The van der Waals surface area contributed by atoms with Gasteiger partial charge in [-0.15, -0.1) is 0 Å². The van der Waals surface area contributed by atoms with Crippen LogP contribution in [0.4, 0.5) is 0 Å². The summed E-state index contributed by atoms with van der Waals surface area (Å²) in [5.41, 5.74) is 0.613. The van der Waals surface area contributed by atoms with Gasteiger partial charge in [-0.25, -0.2) is 0 Å². The number of nitrogens with one attached hydrogen (secondary N) is 1. The summed E-state index contributed by atoms with van der Waals surface area (Å²) in [5.74, 6) is 2.85. The molecule has 1 aliphatic heterocycles. The molecule has 1 heterocycles. The largest absolute Gasteiger partial charge is 0.488 e. The summed E-state index contributed by atoms with van der Waals surface area (Å²) in [7, 11) is 1.74. The fourth-order valence-electron chi connectivity index (χ4n) is 1.82. The van der Waals surface area contributed by atoms with E-state index in [4.69, 9.17) is 16.3 Å². The van der Waals surface area contributed by atoms with Crippen molar-refractivity contribution in [3.05, 3.63) is 28.8 Å². The van der Waals surface area contributed by atoms with Crippen molar-refractivity contribution in [3.63, 3.8) is 0 Å². The number of thioether (sulfide) groups is 1. The second-order valence-electron chi connectivity index (χ2n) is 4.20. The average molecular weight is 286 g/mol. The number of carbonyl (C=O) groups is 1. The zero-order valence-corrected chi connectivity index (χ0v) is 11.8. The van der Waals surface area contributed by atoms with E-state index < -0.39 is 0 Å². The third kappa shape index (κ3) is 3.40. The maximum absolute atomic E-state index is 11.7. The molecule has 1 saturated heterocycles. The average Bonchev–Trinajstić information content (AvgIpc) is 2.85. The van der Waals surface area contributed by atoms with Crippen LogP contribution in [0.5, 0.6) is 5.75 Å². The van der Waals surface area contributed by atoms with Crippen LogP contribution >= 0.6 is 23.4 Å². The lowest BCUT2D eigenvalue weighted by Crippen LogP contribution is -2.19. The molecule has 0 radical (unpaired) electrons. The molecule has 1 unspecified atom stereocenters. The van der Waals surface area contributed by atoms with Gasteiger partial charge in [-0.05, 0) is 37.4 Å². The van der Waals surface area contributed by atoms with Gasteiger partial charge < -0.3 is 10.1 Å². The fourth-order valence-corrected chi connectivity index (χ4v) is 3.14. The summed E-state index contributed by atoms with van der Waals surface area (Å²) in [6, 6.07) is 5.23. The molecule has 0 amide bonds. The zero-order chi connectivity index (χ0) is 13.0. The maximum atomic E-state index is 11.7. The number of Topliss-reactive ketones (excluding diaryl/α,β-unsaturated/α-hetero) is 1. The van der Waals surface area contributed by atoms with E-state index in [2.05, 4.69) is 5.32 Å². The Morgan fingerprint density at radius 2 is 2.44 bits per heavy atom. The third-order valence-corrected chi connectivity index (χ3v) is 4.20. The molecule has 1 aliphatic rings. The molecule has 3 nitrogen and oxygen atoms in total. The van der Waals surface area contributed by atoms with E-state index in [1.165, 1.54) is 0 Å². The highest BCUT2D eigenvalue weighted by Crippen LogP contribution is 2.29. The zero-order valence-electron chi connectivity index (χ0n) is 10.2. The third-order valence-electron chi connectivity index (χ3n) is 2.77. The van der Waals surface area contributed by atoms with Crippen molar-refractivity contribution in [1.82, 2.24) is 5.32 Å². The first-order chi connectivity index (χ1) is 8.70. The molecule has 1 aromatic rings. The Morgan fingerprint density at radius 1 is 1.61 bits per heavy atom. The lowest BCUT2D eigenvalue weighted by molar-refractivity contribution is 0.0993. The lowest BCUT2D eigenvalue weighted by Gasteiger charge is -2.14. The highest BCUT2D eigenvalue weighted by molar-refractivity contribution is 7.99. The van der Waals surface area contributed by atoms with Crippen molar-refractivity contribution >= 4 is 29.1 Å². The number of benzene rings is 1. The van der Waals surface area contributed by atoms with Gasteiger partial charge in [0.05, 0.1) is 11.6 Å². The minimum atomic E-state index is 0.0300. The number of hydrogen-bond acceptors (Lipinski definition) is 4. The van der Waals surface area contributed by atoms with Crippen LogP contribution in [0.3, 0.4) is 0 Å². The minimum Gasteiger partial charge on any atom is -0.488 e. The van der Waals surface area contributed by atoms with E-state index in [0.717, 1.165) is 17.9 Å². The topological polar surface area (TPSA) is 38.3 Å². The summed E-state index contributed by atoms with van der Waals surface area (Å²) in [5, 5.41) is 3.34. The van der Waals surface area contributed by atoms with Crippen molar-refractivity contribution in [3.8, 4) is 5.75 Å². The molecule has 5 heteroatoms. The van der Waals surface area contributed by atoms with Gasteiger partial charge in [0.15, 0.2) is 5.78 Å². The molecule has 2 rings (SSSR count). The van der Waals surface area contributed by atoms with Crippen LogP contribution in [0.1, 0.15) is 16.8 Å². The first-order valence-electron chi connectivity index (χ1n) is 5.92. The predicted molar refractivity (Wildman–Crippen MR) is 76.1 cm³/mol. The lowest BCUT2D eigenvalue weighted by atomic mass is 10.1. The van der Waals surface area contributed by atoms with Crippen LogP contribution in [-0.4, -0.2) is 37.0 Å². The molecule has 18 heavy (non-hydrogen) atoms. The highest BCUT2D eigenvalue weighted by atomic mass is 35.5. The predicted octanol–water partition coefficient (Wildman–Crippen LogP) is 2.63. The van der Waals surface area contributed by atoms with Crippen LogP contribution < -0.4 is 10.1 Å². The van der Waals surface area contributed by atoms with Crippen molar-refractivity contribution < 1.29 is 9.53 Å². The maximum Gasteiger partial charge on any atom is 0.176 e. The summed E-state index contributed by atoms with van der Waals surface area (Å²) < 4.78 is 5.82. The number of halogens is 1. The first-order valence-corrected chi connectivity index (χ1v) is 7.45. The first kappa shape index (κ1) is 13.7. The second kappa shape index (κ2) is 6.45. The van der Waals surface area contributed by atoms with Gasteiger partial charge in [-0.2, -0.15) is 11.8 Å². The van der Waals surface area contributed by atoms with Gasteiger partial charge in [0.1, 0.15) is 11.9 Å². The quantitative estimate of drug-likeness (QED) is 0.844. The van der Waals surface area contributed by atoms with Crippen molar-refractivity contribution in [2.24, 2.45) is 0 Å². The fraction of sp³-hybridized carbons (Fsp3) is 0.462. The summed E-state index contributed by atoms with van der Waals surface area (Å²) in [6.45, 7) is 0.315. The Hall–Kier alpha value is -0.710. The number of ketones is 1.